The van der Waals surface area contributed by atoms with E-state index in [1.165, 1.54) is 0 Å². The molecule has 1 aromatic rings. The third kappa shape index (κ3) is 2.55. The van der Waals surface area contributed by atoms with Crippen molar-refractivity contribution in [3.05, 3.63) is 33.9 Å². The molecule has 0 bridgehead atoms. The number of hydrogen-bond donors (Lipinski definition) is 1. The molecule has 5 nitrogen and oxygen atoms in total. The maximum absolute atomic E-state index is 12.4. The highest BCUT2D eigenvalue weighted by atomic mass is 32.2. The van der Waals surface area contributed by atoms with Crippen LogP contribution in [0.25, 0.3) is 0 Å². The Morgan fingerprint density at radius 2 is 1.94 bits per heavy atom. The second-order valence-electron chi connectivity index (χ2n) is 2.68. The second kappa shape index (κ2) is 4.18. The lowest BCUT2D eigenvalue weighted by Gasteiger charge is -2.09. The van der Waals surface area contributed by atoms with E-state index >= 15 is 0 Å². The quantitative estimate of drug-likeness (QED) is 0.499. The Morgan fingerprint density at radius 3 is 2.31 bits per heavy atom. The first-order chi connectivity index (χ1) is 7.23. The predicted molar refractivity (Wildman–Crippen MR) is 47.1 cm³/mol. The number of halogens is 3. The van der Waals surface area contributed by atoms with E-state index in [0.29, 0.717) is 6.07 Å². The van der Waals surface area contributed by atoms with Crippen molar-refractivity contribution in [2.24, 2.45) is 0 Å². The molecule has 1 atom stereocenters. The third-order valence-corrected chi connectivity index (χ3v) is 2.40. The van der Waals surface area contributed by atoms with Gasteiger partial charge in [0.05, 0.1) is 15.4 Å². The molecule has 9 heteroatoms. The predicted octanol–water partition coefficient (Wildman–Crippen LogP) is 2.19. The molecule has 0 aromatic heterocycles. The fraction of sp³-hybridized carbons (Fsp3) is 0.143. The summed E-state index contributed by atoms with van der Waals surface area (Å²) < 4.78 is 56.3. The molecule has 0 aliphatic rings. The number of hydrogen-bond acceptors (Lipinski definition) is 3. The van der Waals surface area contributed by atoms with Crippen LogP contribution in [-0.4, -0.2) is 13.7 Å². The molecular weight excluding hydrogens is 251 g/mol. The normalized spacial score (nSPS) is 13.5. The van der Waals surface area contributed by atoms with Gasteiger partial charge < -0.3 is 4.55 Å². The summed E-state index contributed by atoms with van der Waals surface area (Å²) >= 11 is -2.85. The van der Waals surface area contributed by atoms with Crippen molar-refractivity contribution in [2.75, 3.05) is 0 Å². The van der Waals surface area contributed by atoms with Gasteiger partial charge in [-0.25, -0.2) is 4.21 Å². The Labute approximate surface area is 89.3 Å². The molecule has 1 N–H and O–H groups in total. The smallest absolute Gasteiger partial charge is 0.302 e. The Hall–Kier alpha value is -1.48. The lowest BCUT2D eigenvalue weighted by atomic mass is 10.2. The van der Waals surface area contributed by atoms with Crippen LogP contribution < -0.4 is 0 Å². The van der Waals surface area contributed by atoms with E-state index in [0.717, 1.165) is 6.07 Å². The summed E-state index contributed by atoms with van der Waals surface area (Å²) in [5.74, 6) is 0. The van der Waals surface area contributed by atoms with Crippen molar-refractivity contribution in [2.45, 2.75) is 11.1 Å². The van der Waals surface area contributed by atoms with Gasteiger partial charge >= 0.3 is 6.18 Å². The van der Waals surface area contributed by atoms with Crippen molar-refractivity contribution < 1.29 is 26.9 Å². The van der Waals surface area contributed by atoms with Gasteiger partial charge in [-0.15, -0.1) is 0 Å². The zero-order valence-electron chi connectivity index (χ0n) is 7.39. The van der Waals surface area contributed by atoms with Crippen LogP contribution in [0.3, 0.4) is 0 Å². The first kappa shape index (κ1) is 12.6. The molecule has 0 amide bonds. The fourth-order valence-electron chi connectivity index (χ4n) is 1.01. The minimum atomic E-state index is -4.92. The summed E-state index contributed by atoms with van der Waals surface area (Å²) in [5, 5.41) is 10.3. The van der Waals surface area contributed by atoms with E-state index in [1.54, 1.807) is 0 Å². The van der Waals surface area contributed by atoms with Crippen LogP contribution in [0.2, 0.25) is 0 Å². The minimum absolute atomic E-state index is 0.226. The number of benzene rings is 1. The van der Waals surface area contributed by atoms with Crippen molar-refractivity contribution in [3.8, 4) is 0 Å². The van der Waals surface area contributed by atoms with Gasteiger partial charge in [0.15, 0.2) is 11.1 Å². The lowest BCUT2D eigenvalue weighted by Crippen LogP contribution is -2.10. The van der Waals surface area contributed by atoms with E-state index in [-0.39, 0.29) is 6.07 Å². The summed E-state index contributed by atoms with van der Waals surface area (Å²) in [6, 6.07) is 1.57. The molecule has 0 fully saturated rings. The molecule has 1 aromatic carbocycles. The standard InChI is InChI=1S/C7H4F3NO4S/c8-7(9,10)5-3-4(11(12)13)1-2-6(5)16(14)15/h1-3H,(H,14,15). The topological polar surface area (TPSA) is 80.4 Å². The van der Waals surface area contributed by atoms with E-state index in [1.807, 2.05) is 0 Å². The Bertz CT molecular complexity index is 459. The molecule has 0 aliphatic carbocycles. The fourth-order valence-corrected chi connectivity index (χ4v) is 1.55. The summed E-state index contributed by atoms with van der Waals surface area (Å²) in [6.07, 6.45) is -4.92. The van der Waals surface area contributed by atoms with Crippen LogP contribution in [0, 0.1) is 10.1 Å². The van der Waals surface area contributed by atoms with Crippen LogP contribution in [0.4, 0.5) is 18.9 Å². The average molecular weight is 255 g/mol. The summed E-state index contributed by atoms with van der Waals surface area (Å²) in [4.78, 5) is 8.34. The molecule has 0 saturated carbocycles. The Kier molecular flexibility index (Phi) is 3.29. The zero-order chi connectivity index (χ0) is 12.5. The van der Waals surface area contributed by atoms with Crippen molar-refractivity contribution in [1.29, 1.82) is 0 Å². The largest absolute Gasteiger partial charge is 0.417 e. The van der Waals surface area contributed by atoms with Gasteiger partial charge in [-0.2, -0.15) is 13.2 Å². The minimum Gasteiger partial charge on any atom is -0.302 e. The van der Waals surface area contributed by atoms with Crippen LogP contribution in [0.1, 0.15) is 5.56 Å². The van der Waals surface area contributed by atoms with E-state index < -0.39 is 38.3 Å². The van der Waals surface area contributed by atoms with Gasteiger partial charge in [0.1, 0.15) is 0 Å². The lowest BCUT2D eigenvalue weighted by molar-refractivity contribution is -0.385. The molecule has 0 saturated heterocycles. The first-order valence-corrected chi connectivity index (χ1v) is 4.80. The van der Waals surface area contributed by atoms with Gasteiger partial charge in [-0.1, -0.05) is 0 Å². The number of nitro benzene ring substituents is 1. The van der Waals surface area contributed by atoms with Gasteiger partial charge in [-0.3, -0.25) is 10.1 Å². The van der Waals surface area contributed by atoms with Crippen molar-refractivity contribution in [3.63, 3.8) is 0 Å². The van der Waals surface area contributed by atoms with Gasteiger partial charge in [0.2, 0.25) is 0 Å². The second-order valence-corrected chi connectivity index (χ2v) is 3.62. The molecule has 0 radical (unpaired) electrons. The molecule has 0 spiro atoms. The van der Waals surface area contributed by atoms with Gasteiger partial charge in [0, 0.05) is 12.1 Å². The SMILES string of the molecule is O=[N+]([O-])c1ccc(S(=O)O)c(C(F)(F)F)c1. The van der Waals surface area contributed by atoms with Crippen LogP contribution in [0.15, 0.2) is 23.1 Å². The monoisotopic (exact) mass is 255 g/mol. The summed E-state index contributed by atoms with van der Waals surface area (Å²) in [7, 11) is 0. The Balaban J connectivity index is 3.45. The molecule has 16 heavy (non-hydrogen) atoms. The van der Waals surface area contributed by atoms with Crippen LogP contribution >= 0.6 is 0 Å². The highest BCUT2D eigenvalue weighted by Gasteiger charge is 2.36. The molecule has 1 unspecified atom stereocenters. The van der Waals surface area contributed by atoms with Crippen LogP contribution in [0.5, 0.6) is 0 Å². The van der Waals surface area contributed by atoms with Gasteiger partial charge in [0.25, 0.3) is 5.69 Å². The highest BCUT2D eigenvalue weighted by molar-refractivity contribution is 7.79. The highest BCUT2D eigenvalue weighted by Crippen LogP contribution is 2.35. The molecular formula is C7H4F3NO4S. The van der Waals surface area contributed by atoms with E-state index in [4.69, 9.17) is 4.55 Å². The maximum Gasteiger partial charge on any atom is 0.417 e. The number of alkyl halides is 3. The zero-order valence-corrected chi connectivity index (χ0v) is 8.21. The maximum atomic E-state index is 12.4. The summed E-state index contributed by atoms with van der Waals surface area (Å²) in [5.41, 5.74) is -2.27. The van der Waals surface area contributed by atoms with Crippen molar-refractivity contribution >= 4 is 16.8 Å². The van der Waals surface area contributed by atoms with E-state index in [2.05, 4.69) is 0 Å². The van der Waals surface area contributed by atoms with Gasteiger partial charge in [-0.05, 0) is 6.07 Å². The number of rotatable bonds is 2. The molecule has 1 rings (SSSR count). The van der Waals surface area contributed by atoms with Crippen molar-refractivity contribution in [1.82, 2.24) is 0 Å². The number of non-ortho nitro benzene ring substituents is 1. The first-order valence-electron chi connectivity index (χ1n) is 3.70. The Morgan fingerprint density at radius 1 is 1.38 bits per heavy atom. The summed E-state index contributed by atoms with van der Waals surface area (Å²) in [6.45, 7) is 0. The molecule has 0 aliphatic heterocycles. The van der Waals surface area contributed by atoms with Crippen LogP contribution in [-0.2, 0) is 17.3 Å². The molecule has 88 valence electrons. The molecule has 0 heterocycles. The number of nitro groups is 1. The third-order valence-electron chi connectivity index (χ3n) is 1.67. The average Bonchev–Trinajstić information content (AvgIpc) is 2.15. The van der Waals surface area contributed by atoms with E-state index in [9.17, 15) is 27.5 Å². The number of nitrogens with zero attached hydrogens (tertiary/aromatic N) is 1.